The molecule has 0 aliphatic carbocycles. The molecule has 0 aromatic rings. The van der Waals surface area contributed by atoms with Gasteiger partial charge in [0.25, 0.3) is 0 Å². The minimum Gasteiger partial charge on any atom is -0.380 e. The maximum absolute atomic E-state index is 3.74. The van der Waals surface area contributed by atoms with Crippen LogP contribution in [0.2, 0.25) is 0 Å². The van der Waals surface area contributed by atoms with E-state index in [9.17, 15) is 0 Å². The Bertz CT molecular complexity index is 250. The van der Waals surface area contributed by atoms with Crippen LogP contribution in [0, 0.1) is 0 Å². The van der Waals surface area contributed by atoms with Gasteiger partial charge in [-0.15, -0.1) is 6.58 Å². The summed E-state index contributed by atoms with van der Waals surface area (Å²) in [5, 5.41) is 3.52. The van der Waals surface area contributed by atoms with Crippen LogP contribution in [0.5, 0.6) is 0 Å². The average molecular weight is 191 g/mol. The summed E-state index contributed by atoms with van der Waals surface area (Å²) in [5.74, 6) is 0. The summed E-state index contributed by atoms with van der Waals surface area (Å²) in [6.45, 7) is 8.11. The molecule has 14 heavy (non-hydrogen) atoms. The highest BCUT2D eigenvalue weighted by atomic mass is 15.0. The van der Waals surface area contributed by atoms with Gasteiger partial charge in [0.15, 0.2) is 0 Å². The monoisotopic (exact) mass is 191 g/mol. The molecule has 78 valence electrons. The molecule has 1 heterocycles. The highest BCUT2D eigenvalue weighted by Crippen LogP contribution is 2.20. The summed E-state index contributed by atoms with van der Waals surface area (Å²) in [4.78, 5) is 0. The van der Waals surface area contributed by atoms with Crippen molar-refractivity contribution in [3.63, 3.8) is 0 Å². The predicted octanol–water partition coefficient (Wildman–Crippen LogP) is 3.55. The van der Waals surface area contributed by atoms with E-state index < -0.39 is 0 Å². The van der Waals surface area contributed by atoms with Crippen molar-refractivity contribution in [3.05, 3.63) is 36.6 Å². The normalized spacial score (nSPS) is 25.4. The highest BCUT2D eigenvalue weighted by molar-refractivity contribution is 5.23. The first-order valence-electron chi connectivity index (χ1n) is 5.41. The molecule has 0 aromatic carbocycles. The molecule has 1 aliphatic heterocycles. The van der Waals surface area contributed by atoms with Crippen LogP contribution in [-0.2, 0) is 0 Å². The third-order valence-electron chi connectivity index (χ3n) is 2.65. The SMILES string of the molecule is C=CCCCCC1(C)C=CC=C(C)N1. The lowest BCUT2D eigenvalue weighted by Gasteiger charge is -2.31. The van der Waals surface area contributed by atoms with Crippen LogP contribution in [0.1, 0.15) is 39.5 Å². The molecule has 1 aliphatic rings. The van der Waals surface area contributed by atoms with Crippen LogP contribution in [-0.4, -0.2) is 5.54 Å². The first kappa shape index (κ1) is 11.1. The number of nitrogens with one attached hydrogen (secondary N) is 1. The van der Waals surface area contributed by atoms with E-state index in [0.29, 0.717) is 0 Å². The highest BCUT2D eigenvalue weighted by Gasteiger charge is 2.20. The van der Waals surface area contributed by atoms with Crippen LogP contribution in [0.15, 0.2) is 36.6 Å². The summed E-state index contributed by atoms with van der Waals surface area (Å²) in [5.41, 5.74) is 1.43. The molecule has 0 spiro atoms. The molecule has 1 N–H and O–H groups in total. The standard InChI is InChI=1S/C13H21N/c1-4-5-6-7-10-13(3)11-8-9-12(2)14-13/h4,8-9,11,14H,1,5-7,10H2,2-3H3. The molecule has 0 fully saturated rings. The second-order valence-electron chi connectivity index (χ2n) is 4.29. The lowest BCUT2D eigenvalue weighted by Crippen LogP contribution is -2.40. The van der Waals surface area contributed by atoms with E-state index in [1.165, 1.54) is 25.0 Å². The molecular weight excluding hydrogens is 170 g/mol. The number of hydrogen-bond acceptors (Lipinski definition) is 1. The summed E-state index contributed by atoms with van der Waals surface area (Å²) in [6.07, 6.45) is 13.4. The molecule has 1 atom stereocenters. The fourth-order valence-electron chi connectivity index (χ4n) is 1.87. The molecule has 0 radical (unpaired) electrons. The van der Waals surface area contributed by atoms with Gasteiger partial charge in [0.1, 0.15) is 0 Å². The van der Waals surface area contributed by atoms with Gasteiger partial charge in [0.2, 0.25) is 0 Å². The number of rotatable bonds is 5. The van der Waals surface area contributed by atoms with E-state index in [0.717, 1.165) is 6.42 Å². The molecule has 0 saturated heterocycles. The third kappa shape index (κ3) is 3.41. The van der Waals surface area contributed by atoms with E-state index in [1.54, 1.807) is 0 Å². The summed E-state index contributed by atoms with van der Waals surface area (Å²) < 4.78 is 0. The van der Waals surface area contributed by atoms with Gasteiger partial charge in [0, 0.05) is 5.70 Å². The van der Waals surface area contributed by atoms with E-state index in [1.807, 2.05) is 6.08 Å². The molecule has 0 aromatic heterocycles. The average Bonchev–Trinajstić information content (AvgIpc) is 2.12. The van der Waals surface area contributed by atoms with Gasteiger partial charge in [-0.25, -0.2) is 0 Å². The first-order chi connectivity index (χ1) is 6.66. The van der Waals surface area contributed by atoms with E-state index in [4.69, 9.17) is 0 Å². The molecule has 0 saturated carbocycles. The molecule has 0 amide bonds. The number of hydrogen-bond donors (Lipinski definition) is 1. The lowest BCUT2D eigenvalue weighted by molar-refractivity contribution is 0.423. The maximum Gasteiger partial charge on any atom is 0.0528 e. The Morgan fingerprint density at radius 1 is 1.50 bits per heavy atom. The van der Waals surface area contributed by atoms with Crippen molar-refractivity contribution in [1.29, 1.82) is 0 Å². The van der Waals surface area contributed by atoms with Crippen molar-refractivity contribution in [2.75, 3.05) is 0 Å². The zero-order valence-corrected chi connectivity index (χ0v) is 9.34. The Balaban J connectivity index is 2.32. The van der Waals surface area contributed by atoms with Crippen LogP contribution in [0.4, 0.5) is 0 Å². The molecular formula is C13H21N. The van der Waals surface area contributed by atoms with Crippen molar-refractivity contribution in [2.24, 2.45) is 0 Å². The fraction of sp³-hybridized carbons (Fsp3) is 0.538. The van der Waals surface area contributed by atoms with E-state index in [-0.39, 0.29) is 5.54 Å². The van der Waals surface area contributed by atoms with Crippen LogP contribution in [0.3, 0.4) is 0 Å². The molecule has 1 unspecified atom stereocenters. The summed E-state index contributed by atoms with van der Waals surface area (Å²) in [6, 6.07) is 0. The lowest BCUT2D eigenvalue weighted by atomic mass is 9.91. The largest absolute Gasteiger partial charge is 0.380 e. The van der Waals surface area contributed by atoms with Gasteiger partial charge < -0.3 is 5.32 Å². The van der Waals surface area contributed by atoms with Crippen molar-refractivity contribution in [1.82, 2.24) is 5.32 Å². The van der Waals surface area contributed by atoms with Gasteiger partial charge in [-0.2, -0.15) is 0 Å². The van der Waals surface area contributed by atoms with E-state index >= 15 is 0 Å². The van der Waals surface area contributed by atoms with Crippen molar-refractivity contribution in [2.45, 2.75) is 45.1 Å². The zero-order valence-electron chi connectivity index (χ0n) is 9.34. The minimum absolute atomic E-state index is 0.167. The summed E-state index contributed by atoms with van der Waals surface area (Å²) in [7, 11) is 0. The quantitative estimate of drug-likeness (QED) is 0.517. The van der Waals surface area contributed by atoms with Gasteiger partial charge in [0.05, 0.1) is 5.54 Å². The summed E-state index contributed by atoms with van der Waals surface area (Å²) >= 11 is 0. The molecule has 1 nitrogen and oxygen atoms in total. The second-order valence-corrected chi connectivity index (χ2v) is 4.29. The third-order valence-corrected chi connectivity index (χ3v) is 2.65. The van der Waals surface area contributed by atoms with Crippen molar-refractivity contribution in [3.8, 4) is 0 Å². The van der Waals surface area contributed by atoms with E-state index in [2.05, 4.69) is 44.0 Å². The zero-order chi connectivity index (χ0) is 10.4. The minimum atomic E-state index is 0.167. The number of allylic oxidation sites excluding steroid dienone is 4. The van der Waals surface area contributed by atoms with Crippen LogP contribution in [0.25, 0.3) is 0 Å². The van der Waals surface area contributed by atoms with Gasteiger partial charge >= 0.3 is 0 Å². The topological polar surface area (TPSA) is 12.0 Å². The first-order valence-corrected chi connectivity index (χ1v) is 5.41. The molecule has 0 bridgehead atoms. The Morgan fingerprint density at radius 2 is 2.29 bits per heavy atom. The van der Waals surface area contributed by atoms with Gasteiger partial charge in [-0.3, -0.25) is 0 Å². The Labute approximate surface area is 87.6 Å². The van der Waals surface area contributed by atoms with Crippen molar-refractivity contribution < 1.29 is 0 Å². The Morgan fingerprint density at radius 3 is 2.93 bits per heavy atom. The molecule has 1 rings (SSSR count). The number of unbranched alkanes of at least 4 members (excludes halogenated alkanes) is 2. The predicted molar refractivity (Wildman–Crippen MR) is 63.1 cm³/mol. The van der Waals surface area contributed by atoms with Gasteiger partial charge in [-0.05, 0) is 39.2 Å². The second kappa shape index (κ2) is 5.04. The maximum atomic E-state index is 3.74. The van der Waals surface area contributed by atoms with Gasteiger partial charge in [-0.1, -0.05) is 24.6 Å². The number of dihydropyridines is 1. The Hall–Kier alpha value is -0.980. The smallest absolute Gasteiger partial charge is 0.0528 e. The van der Waals surface area contributed by atoms with Crippen LogP contribution < -0.4 is 5.32 Å². The Kier molecular flexibility index (Phi) is 3.99. The van der Waals surface area contributed by atoms with Crippen LogP contribution >= 0.6 is 0 Å². The molecule has 1 heteroatoms. The van der Waals surface area contributed by atoms with Crippen molar-refractivity contribution >= 4 is 0 Å². The fourth-order valence-corrected chi connectivity index (χ4v) is 1.87.